The standard InChI is InChI=1S/C15H21N3O3/c1-15(2,3)11-6-9(14(20)21)7-12(18-11)17-10-4-5-13(19)16-8-10/h6-7,10H,4-5,8H2,1-3H3,(H,16,19)(H,17,18)(H,20,21). The number of carboxylic acid groups (broad SMARTS) is 1. The molecule has 2 heterocycles. The van der Waals surface area contributed by atoms with Gasteiger partial charge in [-0.15, -0.1) is 0 Å². The van der Waals surface area contributed by atoms with E-state index in [2.05, 4.69) is 15.6 Å². The number of hydrogen-bond donors (Lipinski definition) is 3. The zero-order chi connectivity index (χ0) is 15.6. The van der Waals surface area contributed by atoms with Crippen LogP contribution >= 0.6 is 0 Å². The van der Waals surface area contributed by atoms with E-state index in [4.69, 9.17) is 0 Å². The van der Waals surface area contributed by atoms with Crippen molar-refractivity contribution in [2.45, 2.75) is 45.1 Å². The molecule has 1 aliphatic rings. The summed E-state index contributed by atoms with van der Waals surface area (Å²) >= 11 is 0. The van der Waals surface area contributed by atoms with Crippen molar-refractivity contribution in [1.29, 1.82) is 0 Å². The number of nitrogens with zero attached hydrogens (tertiary/aromatic N) is 1. The van der Waals surface area contributed by atoms with Crippen LogP contribution in [0.25, 0.3) is 0 Å². The van der Waals surface area contributed by atoms with Gasteiger partial charge in [-0.2, -0.15) is 0 Å². The molecule has 2 rings (SSSR count). The van der Waals surface area contributed by atoms with Crippen LogP contribution in [0.1, 0.15) is 49.7 Å². The van der Waals surface area contributed by atoms with E-state index in [-0.39, 0.29) is 22.9 Å². The monoisotopic (exact) mass is 291 g/mol. The largest absolute Gasteiger partial charge is 0.478 e. The number of carbonyl (C=O) groups is 2. The lowest BCUT2D eigenvalue weighted by molar-refractivity contribution is -0.122. The van der Waals surface area contributed by atoms with Crippen LogP contribution in [0.15, 0.2) is 12.1 Å². The fourth-order valence-electron chi connectivity index (χ4n) is 2.18. The minimum Gasteiger partial charge on any atom is -0.478 e. The summed E-state index contributed by atoms with van der Waals surface area (Å²) in [7, 11) is 0. The number of rotatable bonds is 3. The molecule has 1 unspecified atom stereocenters. The minimum atomic E-state index is -0.970. The molecule has 0 bridgehead atoms. The van der Waals surface area contributed by atoms with Crippen molar-refractivity contribution in [1.82, 2.24) is 10.3 Å². The summed E-state index contributed by atoms with van der Waals surface area (Å²) in [6, 6.07) is 3.22. The highest BCUT2D eigenvalue weighted by atomic mass is 16.4. The smallest absolute Gasteiger partial charge is 0.335 e. The predicted molar refractivity (Wildman–Crippen MR) is 79.6 cm³/mol. The second-order valence-corrected chi connectivity index (χ2v) is 6.37. The summed E-state index contributed by atoms with van der Waals surface area (Å²) < 4.78 is 0. The van der Waals surface area contributed by atoms with Gasteiger partial charge in [0.25, 0.3) is 0 Å². The number of amides is 1. The van der Waals surface area contributed by atoms with Gasteiger partial charge in [0.2, 0.25) is 5.91 Å². The van der Waals surface area contributed by atoms with E-state index < -0.39 is 5.97 Å². The molecule has 0 aliphatic carbocycles. The Labute approximate surface area is 124 Å². The Morgan fingerprint density at radius 1 is 1.43 bits per heavy atom. The first kappa shape index (κ1) is 15.3. The summed E-state index contributed by atoms with van der Waals surface area (Å²) in [4.78, 5) is 26.9. The lowest BCUT2D eigenvalue weighted by Gasteiger charge is -2.25. The van der Waals surface area contributed by atoms with E-state index in [0.29, 0.717) is 18.8 Å². The highest BCUT2D eigenvalue weighted by Crippen LogP contribution is 2.24. The van der Waals surface area contributed by atoms with Crippen molar-refractivity contribution in [2.24, 2.45) is 0 Å². The Bertz CT molecular complexity index is 554. The van der Waals surface area contributed by atoms with E-state index in [1.807, 2.05) is 20.8 Å². The molecule has 1 atom stereocenters. The molecule has 1 aromatic heterocycles. The second kappa shape index (κ2) is 5.71. The summed E-state index contributed by atoms with van der Waals surface area (Å²) in [6.07, 6.45) is 1.19. The number of aromatic nitrogens is 1. The van der Waals surface area contributed by atoms with Gasteiger partial charge in [-0.3, -0.25) is 4.79 Å². The van der Waals surface area contributed by atoms with Crippen molar-refractivity contribution in [3.05, 3.63) is 23.4 Å². The van der Waals surface area contributed by atoms with Gasteiger partial charge < -0.3 is 15.7 Å². The molecule has 0 radical (unpaired) electrons. The zero-order valence-electron chi connectivity index (χ0n) is 12.6. The first-order valence-electron chi connectivity index (χ1n) is 7.05. The molecule has 114 valence electrons. The summed E-state index contributed by atoms with van der Waals surface area (Å²) in [6.45, 7) is 6.51. The Morgan fingerprint density at radius 2 is 2.14 bits per heavy atom. The van der Waals surface area contributed by atoms with Crippen molar-refractivity contribution >= 4 is 17.7 Å². The molecule has 1 saturated heterocycles. The second-order valence-electron chi connectivity index (χ2n) is 6.37. The van der Waals surface area contributed by atoms with E-state index in [9.17, 15) is 14.7 Å². The van der Waals surface area contributed by atoms with E-state index in [1.54, 1.807) is 6.07 Å². The third kappa shape index (κ3) is 3.93. The van der Waals surface area contributed by atoms with E-state index >= 15 is 0 Å². The van der Waals surface area contributed by atoms with Gasteiger partial charge in [-0.05, 0) is 18.6 Å². The Balaban J connectivity index is 2.24. The van der Waals surface area contributed by atoms with Crippen LogP contribution in [0.5, 0.6) is 0 Å². The van der Waals surface area contributed by atoms with Gasteiger partial charge in [0.05, 0.1) is 5.56 Å². The quantitative estimate of drug-likeness (QED) is 0.789. The molecule has 1 fully saturated rings. The molecule has 1 aliphatic heterocycles. The highest BCUT2D eigenvalue weighted by Gasteiger charge is 2.22. The average Bonchev–Trinajstić information content (AvgIpc) is 2.40. The van der Waals surface area contributed by atoms with Crippen LogP contribution < -0.4 is 10.6 Å². The third-order valence-electron chi connectivity index (χ3n) is 3.46. The fourth-order valence-corrected chi connectivity index (χ4v) is 2.18. The molecule has 0 spiro atoms. The highest BCUT2D eigenvalue weighted by molar-refractivity contribution is 5.88. The maximum atomic E-state index is 11.3. The number of aromatic carboxylic acids is 1. The number of anilines is 1. The average molecular weight is 291 g/mol. The van der Waals surface area contributed by atoms with Crippen LogP contribution in [0.4, 0.5) is 5.82 Å². The molecule has 3 N–H and O–H groups in total. The van der Waals surface area contributed by atoms with Gasteiger partial charge in [0.1, 0.15) is 5.82 Å². The Hall–Kier alpha value is -2.11. The van der Waals surface area contributed by atoms with Gasteiger partial charge in [-0.1, -0.05) is 20.8 Å². The molecular weight excluding hydrogens is 270 g/mol. The van der Waals surface area contributed by atoms with Gasteiger partial charge in [-0.25, -0.2) is 9.78 Å². The fraction of sp³-hybridized carbons (Fsp3) is 0.533. The van der Waals surface area contributed by atoms with Crippen molar-refractivity contribution in [2.75, 3.05) is 11.9 Å². The number of carboxylic acids is 1. The molecule has 1 amide bonds. The molecular formula is C15H21N3O3. The normalized spacial score (nSPS) is 19.0. The SMILES string of the molecule is CC(C)(C)c1cc(C(=O)O)cc(NC2CCC(=O)NC2)n1. The van der Waals surface area contributed by atoms with Crippen LogP contribution in [0, 0.1) is 0 Å². The molecule has 21 heavy (non-hydrogen) atoms. The first-order valence-corrected chi connectivity index (χ1v) is 7.05. The number of piperidine rings is 1. The van der Waals surface area contributed by atoms with Crippen molar-refractivity contribution in [3.8, 4) is 0 Å². The number of hydrogen-bond acceptors (Lipinski definition) is 4. The summed E-state index contributed by atoms with van der Waals surface area (Å²) in [5, 5.41) is 15.2. The minimum absolute atomic E-state index is 0.0516. The lowest BCUT2D eigenvalue weighted by atomic mass is 9.90. The maximum Gasteiger partial charge on any atom is 0.335 e. The molecule has 6 nitrogen and oxygen atoms in total. The molecule has 1 aromatic rings. The van der Waals surface area contributed by atoms with E-state index in [1.165, 1.54) is 6.07 Å². The van der Waals surface area contributed by atoms with Crippen molar-refractivity contribution < 1.29 is 14.7 Å². The maximum absolute atomic E-state index is 11.3. The number of nitrogens with one attached hydrogen (secondary N) is 2. The van der Waals surface area contributed by atoms with Gasteiger partial charge in [0.15, 0.2) is 0 Å². The summed E-state index contributed by atoms with van der Waals surface area (Å²) in [5.41, 5.74) is 0.713. The topological polar surface area (TPSA) is 91.3 Å². The number of pyridine rings is 1. The molecule has 0 saturated carbocycles. The van der Waals surface area contributed by atoms with Crippen LogP contribution in [0.2, 0.25) is 0 Å². The third-order valence-corrected chi connectivity index (χ3v) is 3.46. The first-order chi connectivity index (χ1) is 9.75. The number of carbonyl (C=O) groups excluding carboxylic acids is 1. The summed E-state index contributed by atoms with van der Waals surface area (Å²) in [5.74, 6) is -0.375. The van der Waals surface area contributed by atoms with Gasteiger partial charge in [0, 0.05) is 30.1 Å². The Morgan fingerprint density at radius 3 is 2.67 bits per heavy atom. The molecule has 6 heteroatoms. The van der Waals surface area contributed by atoms with Gasteiger partial charge >= 0.3 is 5.97 Å². The predicted octanol–water partition coefficient (Wildman–Crippen LogP) is 1.77. The Kier molecular flexibility index (Phi) is 4.16. The lowest BCUT2D eigenvalue weighted by Crippen LogP contribution is -2.42. The van der Waals surface area contributed by atoms with Crippen LogP contribution in [-0.4, -0.2) is 34.6 Å². The molecule has 0 aromatic carbocycles. The van der Waals surface area contributed by atoms with Crippen LogP contribution in [-0.2, 0) is 10.2 Å². The zero-order valence-corrected chi connectivity index (χ0v) is 12.6. The van der Waals surface area contributed by atoms with E-state index in [0.717, 1.165) is 12.1 Å². The van der Waals surface area contributed by atoms with Crippen LogP contribution in [0.3, 0.4) is 0 Å². The van der Waals surface area contributed by atoms with Crippen molar-refractivity contribution in [3.63, 3.8) is 0 Å².